The number of benzene rings is 1. The fraction of sp³-hybridized carbons (Fsp3) is 0.353. The van der Waals surface area contributed by atoms with Crippen molar-refractivity contribution in [1.82, 2.24) is 9.88 Å². The van der Waals surface area contributed by atoms with E-state index in [-0.39, 0.29) is 0 Å². The van der Waals surface area contributed by atoms with E-state index in [0.29, 0.717) is 0 Å². The second-order valence-corrected chi connectivity index (χ2v) is 4.84. The summed E-state index contributed by atoms with van der Waals surface area (Å²) in [4.78, 5) is 6.41. The lowest BCUT2D eigenvalue weighted by Crippen LogP contribution is -2.22. The van der Waals surface area contributed by atoms with Crippen molar-refractivity contribution in [2.75, 3.05) is 20.8 Å². The Hall–Kier alpha value is -2.07. The SMILES string of the molecule is CCN(Cc1ccncc1)Cc1cc(OC)ccc1OC. The molecule has 1 aromatic heterocycles. The highest BCUT2D eigenvalue weighted by Crippen LogP contribution is 2.25. The lowest BCUT2D eigenvalue weighted by Gasteiger charge is -2.22. The predicted molar refractivity (Wildman–Crippen MR) is 83.6 cm³/mol. The number of methoxy groups -OCH3 is 2. The van der Waals surface area contributed by atoms with E-state index in [1.54, 1.807) is 14.2 Å². The molecule has 2 aromatic rings. The van der Waals surface area contributed by atoms with Crippen LogP contribution in [0.15, 0.2) is 42.7 Å². The molecule has 0 atom stereocenters. The molecule has 0 fully saturated rings. The summed E-state index contributed by atoms with van der Waals surface area (Å²) in [5, 5.41) is 0. The van der Waals surface area contributed by atoms with Crippen LogP contribution in [0.5, 0.6) is 11.5 Å². The quantitative estimate of drug-likeness (QED) is 0.783. The smallest absolute Gasteiger partial charge is 0.123 e. The Morgan fingerprint density at radius 3 is 2.38 bits per heavy atom. The van der Waals surface area contributed by atoms with Gasteiger partial charge >= 0.3 is 0 Å². The predicted octanol–water partition coefficient (Wildman–Crippen LogP) is 3.12. The third-order valence-corrected chi connectivity index (χ3v) is 3.48. The fourth-order valence-electron chi connectivity index (χ4n) is 2.27. The van der Waals surface area contributed by atoms with Crippen molar-refractivity contribution < 1.29 is 9.47 Å². The van der Waals surface area contributed by atoms with Gasteiger partial charge in [-0.15, -0.1) is 0 Å². The zero-order chi connectivity index (χ0) is 15.1. The standard InChI is InChI=1S/C17H22N2O2/c1-4-19(12-14-7-9-18-10-8-14)13-15-11-16(20-2)5-6-17(15)21-3/h5-11H,4,12-13H2,1-3H3. The van der Waals surface area contributed by atoms with E-state index < -0.39 is 0 Å². The van der Waals surface area contributed by atoms with Crippen molar-refractivity contribution in [2.45, 2.75) is 20.0 Å². The summed E-state index contributed by atoms with van der Waals surface area (Å²) in [5.74, 6) is 1.75. The van der Waals surface area contributed by atoms with Crippen LogP contribution in [0, 0.1) is 0 Å². The number of nitrogens with zero attached hydrogens (tertiary/aromatic N) is 2. The van der Waals surface area contributed by atoms with E-state index in [1.165, 1.54) is 5.56 Å². The molecule has 21 heavy (non-hydrogen) atoms. The Morgan fingerprint density at radius 1 is 1.00 bits per heavy atom. The van der Waals surface area contributed by atoms with E-state index in [0.717, 1.165) is 36.7 Å². The summed E-state index contributed by atoms with van der Waals surface area (Å²) in [6.07, 6.45) is 3.66. The minimum absolute atomic E-state index is 0.819. The van der Waals surface area contributed by atoms with Crippen LogP contribution in [0.25, 0.3) is 0 Å². The van der Waals surface area contributed by atoms with Crippen LogP contribution in [0.2, 0.25) is 0 Å². The van der Waals surface area contributed by atoms with Crippen molar-refractivity contribution in [2.24, 2.45) is 0 Å². The Bertz CT molecular complexity index is 558. The van der Waals surface area contributed by atoms with Gasteiger partial charge in [-0.2, -0.15) is 0 Å². The molecule has 112 valence electrons. The molecule has 1 heterocycles. The molecule has 0 N–H and O–H groups in total. The van der Waals surface area contributed by atoms with E-state index in [1.807, 2.05) is 42.7 Å². The van der Waals surface area contributed by atoms with Gasteiger partial charge in [-0.1, -0.05) is 6.92 Å². The summed E-state index contributed by atoms with van der Waals surface area (Å²) in [5.41, 5.74) is 2.39. The largest absolute Gasteiger partial charge is 0.497 e. The highest BCUT2D eigenvalue weighted by Gasteiger charge is 2.10. The number of pyridine rings is 1. The highest BCUT2D eigenvalue weighted by atomic mass is 16.5. The summed E-state index contributed by atoms with van der Waals surface area (Å²) in [6, 6.07) is 10.0. The van der Waals surface area contributed by atoms with Crippen LogP contribution in [0.4, 0.5) is 0 Å². The number of aromatic nitrogens is 1. The van der Waals surface area contributed by atoms with Gasteiger partial charge in [-0.25, -0.2) is 0 Å². The molecular weight excluding hydrogens is 264 g/mol. The second-order valence-electron chi connectivity index (χ2n) is 4.84. The molecule has 4 nitrogen and oxygen atoms in total. The minimum atomic E-state index is 0.819. The monoisotopic (exact) mass is 286 g/mol. The third kappa shape index (κ3) is 4.20. The molecule has 0 aliphatic rings. The van der Waals surface area contributed by atoms with E-state index in [9.17, 15) is 0 Å². The topological polar surface area (TPSA) is 34.6 Å². The van der Waals surface area contributed by atoms with Crippen LogP contribution < -0.4 is 9.47 Å². The van der Waals surface area contributed by atoms with Gasteiger partial charge in [0.1, 0.15) is 11.5 Å². The maximum atomic E-state index is 5.45. The van der Waals surface area contributed by atoms with Crippen molar-refractivity contribution in [1.29, 1.82) is 0 Å². The van der Waals surface area contributed by atoms with Crippen LogP contribution >= 0.6 is 0 Å². The normalized spacial score (nSPS) is 10.7. The first kappa shape index (κ1) is 15.3. The van der Waals surface area contributed by atoms with E-state index in [2.05, 4.69) is 16.8 Å². The molecule has 0 aliphatic heterocycles. The summed E-state index contributed by atoms with van der Waals surface area (Å²) < 4.78 is 10.8. The Labute approximate surface area is 126 Å². The number of hydrogen-bond donors (Lipinski definition) is 0. The zero-order valence-corrected chi connectivity index (χ0v) is 12.9. The van der Waals surface area contributed by atoms with Crippen molar-refractivity contribution in [3.8, 4) is 11.5 Å². The second kappa shape index (κ2) is 7.64. The minimum Gasteiger partial charge on any atom is -0.497 e. The van der Waals surface area contributed by atoms with Crippen LogP contribution in [-0.2, 0) is 13.1 Å². The molecule has 0 spiro atoms. The van der Waals surface area contributed by atoms with Gasteiger partial charge in [0.05, 0.1) is 14.2 Å². The van der Waals surface area contributed by atoms with E-state index >= 15 is 0 Å². The fourth-order valence-corrected chi connectivity index (χ4v) is 2.27. The lowest BCUT2D eigenvalue weighted by atomic mass is 10.1. The molecular formula is C17H22N2O2. The molecule has 2 rings (SSSR count). The molecule has 0 amide bonds. The van der Waals surface area contributed by atoms with Gasteiger partial charge in [0, 0.05) is 31.0 Å². The first-order valence-corrected chi connectivity index (χ1v) is 7.09. The van der Waals surface area contributed by atoms with Gasteiger partial charge in [-0.05, 0) is 42.4 Å². The Morgan fingerprint density at radius 2 is 1.76 bits per heavy atom. The van der Waals surface area contributed by atoms with Gasteiger partial charge in [-0.3, -0.25) is 9.88 Å². The molecule has 4 heteroatoms. The van der Waals surface area contributed by atoms with Crippen LogP contribution in [-0.4, -0.2) is 30.6 Å². The van der Waals surface area contributed by atoms with Gasteiger partial charge < -0.3 is 9.47 Å². The molecule has 0 radical (unpaired) electrons. The van der Waals surface area contributed by atoms with Crippen LogP contribution in [0.1, 0.15) is 18.1 Å². The Kier molecular flexibility index (Phi) is 5.58. The van der Waals surface area contributed by atoms with Crippen molar-refractivity contribution >= 4 is 0 Å². The summed E-state index contributed by atoms with van der Waals surface area (Å²) in [6.45, 7) is 4.83. The van der Waals surface area contributed by atoms with Gasteiger partial charge in [0.2, 0.25) is 0 Å². The number of rotatable bonds is 7. The number of ether oxygens (including phenoxy) is 2. The molecule has 1 aromatic carbocycles. The average Bonchev–Trinajstić information content (AvgIpc) is 2.55. The zero-order valence-electron chi connectivity index (χ0n) is 12.9. The lowest BCUT2D eigenvalue weighted by molar-refractivity contribution is 0.265. The van der Waals surface area contributed by atoms with Gasteiger partial charge in [0.15, 0.2) is 0 Å². The van der Waals surface area contributed by atoms with Crippen LogP contribution in [0.3, 0.4) is 0 Å². The average molecular weight is 286 g/mol. The molecule has 0 aliphatic carbocycles. The maximum absolute atomic E-state index is 5.45. The first-order chi connectivity index (χ1) is 10.3. The Balaban J connectivity index is 2.14. The van der Waals surface area contributed by atoms with E-state index in [4.69, 9.17) is 9.47 Å². The molecule has 0 unspecified atom stereocenters. The van der Waals surface area contributed by atoms with Crippen molar-refractivity contribution in [3.05, 3.63) is 53.9 Å². The summed E-state index contributed by atoms with van der Waals surface area (Å²) >= 11 is 0. The third-order valence-electron chi connectivity index (χ3n) is 3.48. The summed E-state index contributed by atoms with van der Waals surface area (Å²) in [7, 11) is 3.38. The molecule has 0 bridgehead atoms. The van der Waals surface area contributed by atoms with Crippen molar-refractivity contribution in [3.63, 3.8) is 0 Å². The highest BCUT2D eigenvalue weighted by molar-refractivity contribution is 5.40. The number of hydrogen-bond acceptors (Lipinski definition) is 4. The van der Waals surface area contributed by atoms with Gasteiger partial charge in [0.25, 0.3) is 0 Å². The maximum Gasteiger partial charge on any atom is 0.123 e. The molecule has 0 saturated heterocycles. The molecule has 0 saturated carbocycles. The first-order valence-electron chi connectivity index (χ1n) is 7.09.